The Morgan fingerprint density at radius 2 is 1.78 bits per heavy atom. The van der Waals surface area contributed by atoms with Gasteiger partial charge in [0.25, 0.3) is 0 Å². The molecule has 2 aromatic heterocycles. The van der Waals surface area contributed by atoms with E-state index in [1.54, 1.807) is 42.6 Å². The summed E-state index contributed by atoms with van der Waals surface area (Å²) in [5.74, 6) is -0.357. The van der Waals surface area contributed by atoms with Crippen LogP contribution in [0.4, 0.5) is 4.39 Å². The van der Waals surface area contributed by atoms with Gasteiger partial charge in [0.2, 0.25) is 0 Å². The van der Waals surface area contributed by atoms with Crippen molar-refractivity contribution in [1.82, 2.24) is 14.5 Å². The number of carbonyl (C=O) groups is 1. The van der Waals surface area contributed by atoms with Crippen LogP contribution in [0.1, 0.15) is 22.8 Å². The van der Waals surface area contributed by atoms with E-state index in [1.807, 2.05) is 4.57 Å². The highest BCUT2D eigenvalue weighted by molar-refractivity contribution is 5.96. The van der Waals surface area contributed by atoms with Crippen LogP contribution in [0.3, 0.4) is 0 Å². The summed E-state index contributed by atoms with van der Waals surface area (Å²) in [5.41, 5.74) is 4.26. The number of halogens is 1. The summed E-state index contributed by atoms with van der Waals surface area (Å²) in [4.78, 5) is 20.2. The third-order valence-electron chi connectivity index (χ3n) is 4.37. The lowest BCUT2D eigenvalue weighted by Gasteiger charge is -2.09. The number of hydrogen-bond acceptors (Lipinski definition) is 4. The second-order valence-corrected chi connectivity index (χ2v) is 6.05. The molecule has 0 bridgehead atoms. The topological polar surface area (TPSA) is 71.6 Å². The first-order chi connectivity index (χ1) is 13.1. The zero-order chi connectivity index (χ0) is 19.0. The van der Waals surface area contributed by atoms with E-state index in [0.29, 0.717) is 33.4 Å². The Balaban J connectivity index is 1.99. The normalized spacial score (nSPS) is 10.7. The molecule has 0 aliphatic rings. The molecule has 2 heterocycles. The first-order valence-electron chi connectivity index (χ1n) is 8.22. The van der Waals surface area contributed by atoms with Crippen molar-refractivity contribution in [3.05, 3.63) is 78.0 Å². The maximum atomic E-state index is 13.3. The van der Waals surface area contributed by atoms with Gasteiger partial charge >= 0.3 is 0 Å². The van der Waals surface area contributed by atoms with Gasteiger partial charge < -0.3 is 4.57 Å². The number of nitriles is 1. The van der Waals surface area contributed by atoms with Gasteiger partial charge in [0, 0.05) is 23.0 Å². The maximum Gasteiger partial charge on any atom is 0.159 e. The molecule has 0 spiro atoms. The standard InChI is InChI=1S/C21H13FN4O/c1-13(27)14-4-8-18(9-5-14)26-11-16(10-23)20-21(26)19(24-12-25-20)15-2-6-17(22)7-3-15/h2-9,11-12H,1H3. The van der Waals surface area contributed by atoms with Crippen LogP contribution < -0.4 is 0 Å². The quantitative estimate of drug-likeness (QED) is 0.513. The number of fused-ring (bicyclic) bond motifs is 1. The van der Waals surface area contributed by atoms with Crippen molar-refractivity contribution in [1.29, 1.82) is 5.26 Å². The molecule has 0 aliphatic heterocycles. The zero-order valence-corrected chi connectivity index (χ0v) is 14.3. The number of Topliss-reactive ketones (excluding diaryl/α,β-unsaturated/α-hetero) is 1. The highest BCUT2D eigenvalue weighted by Crippen LogP contribution is 2.31. The number of carbonyl (C=O) groups excluding carboxylic acids is 1. The van der Waals surface area contributed by atoms with Crippen LogP contribution >= 0.6 is 0 Å². The second kappa shape index (κ2) is 6.46. The molecule has 0 aliphatic carbocycles. The van der Waals surface area contributed by atoms with Crippen LogP contribution in [0.15, 0.2) is 61.1 Å². The van der Waals surface area contributed by atoms with Gasteiger partial charge in [0.15, 0.2) is 5.78 Å². The monoisotopic (exact) mass is 356 g/mol. The van der Waals surface area contributed by atoms with Crippen LogP contribution in [0.2, 0.25) is 0 Å². The average Bonchev–Trinajstić information content (AvgIpc) is 3.08. The van der Waals surface area contributed by atoms with E-state index >= 15 is 0 Å². The van der Waals surface area contributed by atoms with Crippen molar-refractivity contribution in [2.24, 2.45) is 0 Å². The van der Waals surface area contributed by atoms with E-state index in [0.717, 1.165) is 5.69 Å². The van der Waals surface area contributed by atoms with Gasteiger partial charge in [-0.05, 0) is 55.5 Å². The number of rotatable bonds is 3. The number of benzene rings is 2. The zero-order valence-electron chi connectivity index (χ0n) is 14.3. The molecular weight excluding hydrogens is 343 g/mol. The van der Waals surface area contributed by atoms with Crippen LogP contribution in [0, 0.1) is 17.1 Å². The lowest BCUT2D eigenvalue weighted by molar-refractivity contribution is 0.101. The van der Waals surface area contributed by atoms with E-state index in [4.69, 9.17) is 0 Å². The molecule has 0 saturated heterocycles. The molecule has 0 saturated carbocycles. The van der Waals surface area contributed by atoms with Crippen molar-refractivity contribution < 1.29 is 9.18 Å². The number of nitrogens with zero attached hydrogens (tertiary/aromatic N) is 4. The predicted molar refractivity (Wildman–Crippen MR) is 99.0 cm³/mol. The minimum atomic E-state index is -0.336. The summed E-state index contributed by atoms with van der Waals surface area (Å²) >= 11 is 0. The van der Waals surface area contributed by atoms with Crippen molar-refractivity contribution in [2.75, 3.05) is 0 Å². The Kier molecular flexibility index (Phi) is 3.98. The Bertz CT molecular complexity index is 1200. The average molecular weight is 356 g/mol. The van der Waals surface area contributed by atoms with Crippen molar-refractivity contribution >= 4 is 16.8 Å². The Labute approximate surface area is 154 Å². The van der Waals surface area contributed by atoms with E-state index in [1.165, 1.54) is 25.4 Å². The highest BCUT2D eigenvalue weighted by Gasteiger charge is 2.17. The first kappa shape index (κ1) is 16.6. The van der Waals surface area contributed by atoms with E-state index in [9.17, 15) is 14.4 Å². The molecule has 0 atom stereocenters. The summed E-state index contributed by atoms with van der Waals surface area (Å²) in [6, 6.07) is 15.2. The van der Waals surface area contributed by atoms with Gasteiger partial charge in [-0.25, -0.2) is 14.4 Å². The van der Waals surface area contributed by atoms with Crippen molar-refractivity contribution in [3.8, 4) is 23.0 Å². The van der Waals surface area contributed by atoms with Crippen molar-refractivity contribution in [3.63, 3.8) is 0 Å². The molecular formula is C21H13FN4O. The summed E-state index contributed by atoms with van der Waals surface area (Å²) < 4.78 is 15.1. The molecule has 0 radical (unpaired) electrons. The number of ketones is 1. The van der Waals surface area contributed by atoms with Gasteiger partial charge in [-0.2, -0.15) is 5.26 Å². The third-order valence-corrected chi connectivity index (χ3v) is 4.37. The molecule has 2 aromatic carbocycles. The SMILES string of the molecule is CC(=O)c1ccc(-n2cc(C#N)c3ncnc(-c4ccc(F)cc4)c32)cc1. The van der Waals surface area contributed by atoms with Crippen LogP contribution in [0.25, 0.3) is 28.0 Å². The molecule has 0 amide bonds. The first-order valence-corrected chi connectivity index (χ1v) is 8.22. The van der Waals surface area contributed by atoms with Gasteiger partial charge in [0.05, 0.1) is 16.8 Å². The molecule has 0 N–H and O–H groups in total. The fraction of sp³-hybridized carbons (Fsp3) is 0.0476. The Morgan fingerprint density at radius 3 is 2.41 bits per heavy atom. The molecule has 130 valence electrons. The molecule has 6 heteroatoms. The fourth-order valence-electron chi connectivity index (χ4n) is 3.02. The lowest BCUT2D eigenvalue weighted by Crippen LogP contribution is -1.98. The summed E-state index contributed by atoms with van der Waals surface area (Å²) in [7, 11) is 0. The van der Waals surface area contributed by atoms with Gasteiger partial charge in [-0.3, -0.25) is 4.79 Å². The Hall–Kier alpha value is -3.85. The summed E-state index contributed by atoms with van der Waals surface area (Å²) in [6.45, 7) is 1.51. The third kappa shape index (κ3) is 2.85. The van der Waals surface area contributed by atoms with Crippen LogP contribution in [-0.2, 0) is 0 Å². The minimum absolute atomic E-state index is 0.0213. The van der Waals surface area contributed by atoms with E-state index in [2.05, 4.69) is 16.0 Å². The Morgan fingerprint density at radius 1 is 1.07 bits per heavy atom. The molecule has 5 nitrogen and oxygen atoms in total. The summed E-state index contributed by atoms with van der Waals surface area (Å²) in [5, 5.41) is 9.49. The van der Waals surface area contributed by atoms with E-state index in [-0.39, 0.29) is 11.6 Å². The fourth-order valence-corrected chi connectivity index (χ4v) is 3.02. The van der Waals surface area contributed by atoms with Crippen LogP contribution in [0.5, 0.6) is 0 Å². The van der Waals surface area contributed by atoms with E-state index < -0.39 is 0 Å². The molecule has 0 unspecified atom stereocenters. The number of aromatic nitrogens is 3. The van der Waals surface area contributed by atoms with Crippen LogP contribution in [-0.4, -0.2) is 20.3 Å². The molecule has 27 heavy (non-hydrogen) atoms. The lowest BCUT2D eigenvalue weighted by atomic mass is 10.1. The second-order valence-electron chi connectivity index (χ2n) is 6.05. The maximum absolute atomic E-state index is 13.3. The highest BCUT2D eigenvalue weighted by atomic mass is 19.1. The van der Waals surface area contributed by atoms with Gasteiger partial charge in [-0.15, -0.1) is 0 Å². The summed E-state index contributed by atoms with van der Waals surface area (Å²) in [6.07, 6.45) is 3.08. The molecule has 4 aromatic rings. The van der Waals surface area contributed by atoms with Crippen molar-refractivity contribution in [2.45, 2.75) is 6.92 Å². The largest absolute Gasteiger partial charge is 0.312 e. The van der Waals surface area contributed by atoms with Gasteiger partial charge in [0.1, 0.15) is 23.7 Å². The number of hydrogen-bond donors (Lipinski definition) is 0. The molecule has 4 rings (SSSR count). The minimum Gasteiger partial charge on any atom is -0.312 e. The van der Waals surface area contributed by atoms with Gasteiger partial charge in [-0.1, -0.05) is 0 Å². The smallest absolute Gasteiger partial charge is 0.159 e. The molecule has 0 fully saturated rings. The predicted octanol–water partition coefficient (Wildman–Crippen LogP) is 4.30.